The van der Waals surface area contributed by atoms with Crippen LogP contribution in [0.5, 0.6) is 0 Å². The Balaban J connectivity index is 1.68. The molecule has 184 valence electrons. The molecular formula is C25H41N5O3. The van der Waals surface area contributed by atoms with Gasteiger partial charge in [-0.3, -0.25) is 19.1 Å². The van der Waals surface area contributed by atoms with Gasteiger partial charge in [0.05, 0.1) is 0 Å². The average molecular weight is 460 g/mol. The van der Waals surface area contributed by atoms with E-state index < -0.39 is 11.2 Å². The van der Waals surface area contributed by atoms with Crippen LogP contribution in [0.2, 0.25) is 0 Å². The third kappa shape index (κ3) is 6.81. The number of nitrogens with zero attached hydrogens (tertiary/aromatic N) is 3. The maximum Gasteiger partial charge on any atom is 0.330 e. The van der Waals surface area contributed by atoms with Gasteiger partial charge in [0.25, 0.3) is 5.56 Å². The van der Waals surface area contributed by atoms with Crippen molar-refractivity contribution in [2.75, 3.05) is 6.54 Å². The van der Waals surface area contributed by atoms with Gasteiger partial charge in [0.2, 0.25) is 5.91 Å². The van der Waals surface area contributed by atoms with Crippen LogP contribution in [0.1, 0.15) is 90.8 Å². The van der Waals surface area contributed by atoms with Crippen molar-refractivity contribution in [1.82, 2.24) is 24.4 Å². The highest BCUT2D eigenvalue weighted by Gasteiger charge is 2.20. The minimum atomic E-state index is -0.419. The van der Waals surface area contributed by atoms with Gasteiger partial charge >= 0.3 is 5.69 Å². The number of hydrogen-bond acceptors (Lipinski definition) is 4. The van der Waals surface area contributed by atoms with E-state index in [0.717, 1.165) is 25.2 Å². The Bertz CT molecular complexity index is 1030. The summed E-state index contributed by atoms with van der Waals surface area (Å²) < 4.78 is 3.46. The number of aryl methyl sites for hydroxylation is 2. The molecule has 33 heavy (non-hydrogen) atoms. The first-order valence-corrected chi connectivity index (χ1v) is 12.9. The lowest BCUT2D eigenvalue weighted by molar-refractivity contribution is -0.121. The molecule has 3 rings (SSSR count). The van der Waals surface area contributed by atoms with E-state index >= 15 is 0 Å². The number of rotatable bonds is 12. The van der Waals surface area contributed by atoms with Crippen LogP contribution >= 0.6 is 0 Å². The maximum atomic E-state index is 12.7. The Morgan fingerprint density at radius 3 is 2.61 bits per heavy atom. The predicted molar refractivity (Wildman–Crippen MR) is 131 cm³/mol. The molecule has 0 bridgehead atoms. The summed E-state index contributed by atoms with van der Waals surface area (Å²) in [5, 5.41) is 3.05. The number of nitrogens with one attached hydrogen (secondary N) is 2. The zero-order chi connectivity index (χ0) is 23.8. The van der Waals surface area contributed by atoms with E-state index in [9.17, 15) is 14.4 Å². The van der Waals surface area contributed by atoms with E-state index in [4.69, 9.17) is 4.98 Å². The first-order chi connectivity index (χ1) is 15.9. The fraction of sp³-hybridized carbons (Fsp3) is 0.760. The monoisotopic (exact) mass is 459 g/mol. The molecule has 0 aliphatic heterocycles. The van der Waals surface area contributed by atoms with Gasteiger partial charge < -0.3 is 9.88 Å². The molecule has 1 saturated carbocycles. The van der Waals surface area contributed by atoms with Crippen molar-refractivity contribution in [3.05, 3.63) is 26.7 Å². The second-order valence-electron chi connectivity index (χ2n) is 9.97. The molecule has 8 nitrogen and oxygen atoms in total. The number of fused-ring (bicyclic) bond motifs is 1. The standard InChI is InChI=1S/C25H41N5O3/c1-4-5-16-29-23-22(24(32)28-25(29)33)30(17-18(2)3)20(27-23)13-14-21(31)26-15-9-12-19-10-7-6-8-11-19/h18-19H,4-17H2,1-3H3,(H,26,31)(H,28,32,33). The molecule has 2 aromatic rings. The molecule has 0 spiro atoms. The Morgan fingerprint density at radius 1 is 1.15 bits per heavy atom. The zero-order valence-corrected chi connectivity index (χ0v) is 20.6. The summed E-state index contributed by atoms with van der Waals surface area (Å²) in [5.74, 6) is 1.83. The van der Waals surface area contributed by atoms with E-state index in [2.05, 4.69) is 31.1 Å². The molecule has 1 aliphatic rings. The van der Waals surface area contributed by atoms with Crippen LogP contribution in [0.4, 0.5) is 0 Å². The van der Waals surface area contributed by atoms with Gasteiger partial charge in [0.15, 0.2) is 11.2 Å². The molecule has 1 aliphatic carbocycles. The van der Waals surface area contributed by atoms with E-state index in [1.54, 1.807) is 4.57 Å². The Kier molecular flexibility index (Phi) is 9.32. The summed E-state index contributed by atoms with van der Waals surface area (Å²) in [4.78, 5) is 44.7. The Hall–Kier alpha value is -2.38. The van der Waals surface area contributed by atoms with Crippen molar-refractivity contribution in [1.29, 1.82) is 0 Å². The highest BCUT2D eigenvalue weighted by atomic mass is 16.2. The smallest absolute Gasteiger partial charge is 0.330 e. The van der Waals surface area contributed by atoms with Gasteiger partial charge in [0.1, 0.15) is 5.82 Å². The number of carbonyl (C=O) groups excluding carboxylic acids is 1. The van der Waals surface area contributed by atoms with Gasteiger partial charge in [-0.25, -0.2) is 9.78 Å². The van der Waals surface area contributed by atoms with Crippen LogP contribution in [-0.2, 0) is 24.3 Å². The first kappa shape index (κ1) is 25.2. The summed E-state index contributed by atoms with van der Waals surface area (Å²) in [6.45, 7) is 8.07. The van der Waals surface area contributed by atoms with Crippen molar-refractivity contribution >= 4 is 17.1 Å². The SMILES string of the molecule is CCCCn1c(=O)[nH]c(=O)c2c1nc(CCC(=O)NCCCC1CCCCC1)n2CC(C)C. The molecule has 1 fully saturated rings. The Labute approximate surface area is 196 Å². The summed E-state index contributed by atoms with van der Waals surface area (Å²) >= 11 is 0. The number of unbranched alkanes of at least 4 members (excludes halogenated alkanes) is 1. The van der Waals surface area contributed by atoms with Crippen LogP contribution < -0.4 is 16.6 Å². The van der Waals surface area contributed by atoms with Crippen molar-refractivity contribution < 1.29 is 4.79 Å². The largest absolute Gasteiger partial charge is 0.356 e. The number of aromatic amines is 1. The number of carbonyl (C=O) groups is 1. The first-order valence-electron chi connectivity index (χ1n) is 12.9. The second kappa shape index (κ2) is 12.2. The number of aromatic nitrogens is 4. The molecule has 0 unspecified atom stereocenters. The van der Waals surface area contributed by atoms with Crippen molar-refractivity contribution in [3.63, 3.8) is 0 Å². The van der Waals surface area contributed by atoms with Crippen LogP contribution in [0.25, 0.3) is 11.2 Å². The fourth-order valence-electron chi connectivity index (χ4n) is 4.90. The van der Waals surface area contributed by atoms with Crippen LogP contribution in [0, 0.1) is 11.8 Å². The van der Waals surface area contributed by atoms with Crippen LogP contribution in [-0.4, -0.2) is 31.6 Å². The minimum Gasteiger partial charge on any atom is -0.356 e. The molecular weight excluding hydrogens is 418 g/mol. The number of imidazole rings is 1. The molecule has 0 radical (unpaired) electrons. The molecule has 8 heteroatoms. The highest BCUT2D eigenvalue weighted by Crippen LogP contribution is 2.27. The normalized spacial score (nSPS) is 14.9. The fourth-order valence-corrected chi connectivity index (χ4v) is 4.90. The number of hydrogen-bond donors (Lipinski definition) is 2. The van der Waals surface area contributed by atoms with E-state index in [-0.39, 0.29) is 5.91 Å². The quantitative estimate of drug-likeness (QED) is 0.472. The van der Waals surface area contributed by atoms with E-state index in [0.29, 0.717) is 55.4 Å². The van der Waals surface area contributed by atoms with Gasteiger partial charge in [-0.15, -0.1) is 0 Å². The number of H-pyrrole nitrogens is 1. The number of amides is 1. The average Bonchev–Trinajstić information content (AvgIpc) is 3.13. The minimum absolute atomic E-state index is 0.0130. The molecule has 0 atom stereocenters. The van der Waals surface area contributed by atoms with Gasteiger partial charge in [-0.05, 0) is 31.1 Å². The zero-order valence-electron chi connectivity index (χ0n) is 20.6. The molecule has 2 N–H and O–H groups in total. The van der Waals surface area contributed by atoms with E-state index in [1.807, 2.05) is 4.57 Å². The predicted octanol–water partition coefficient (Wildman–Crippen LogP) is 3.75. The summed E-state index contributed by atoms with van der Waals surface area (Å²) in [7, 11) is 0. The lowest BCUT2D eigenvalue weighted by Gasteiger charge is -2.21. The van der Waals surface area contributed by atoms with Gasteiger partial charge in [0, 0.05) is 32.5 Å². The topological polar surface area (TPSA) is 102 Å². The van der Waals surface area contributed by atoms with Crippen molar-refractivity contribution in [3.8, 4) is 0 Å². The van der Waals surface area contributed by atoms with Crippen molar-refractivity contribution in [2.24, 2.45) is 11.8 Å². The molecule has 0 saturated heterocycles. The second-order valence-corrected chi connectivity index (χ2v) is 9.97. The van der Waals surface area contributed by atoms with E-state index in [1.165, 1.54) is 38.5 Å². The molecule has 1 amide bonds. The van der Waals surface area contributed by atoms with Crippen LogP contribution in [0.15, 0.2) is 9.59 Å². The summed E-state index contributed by atoms with van der Waals surface area (Å²) in [6, 6.07) is 0. The maximum absolute atomic E-state index is 12.7. The molecule has 0 aromatic carbocycles. The lowest BCUT2D eigenvalue weighted by Crippen LogP contribution is -2.31. The summed E-state index contributed by atoms with van der Waals surface area (Å²) in [5.41, 5.74) is 0.0368. The van der Waals surface area contributed by atoms with Gasteiger partial charge in [-0.2, -0.15) is 0 Å². The van der Waals surface area contributed by atoms with Crippen LogP contribution in [0.3, 0.4) is 0 Å². The summed E-state index contributed by atoms with van der Waals surface area (Å²) in [6.07, 6.45) is 11.5. The molecule has 2 aromatic heterocycles. The third-order valence-corrected chi connectivity index (χ3v) is 6.66. The van der Waals surface area contributed by atoms with Gasteiger partial charge in [-0.1, -0.05) is 59.3 Å². The Morgan fingerprint density at radius 2 is 1.91 bits per heavy atom. The highest BCUT2D eigenvalue weighted by molar-refractivity contribution is 5.76. The lowest BCUT2D eigenvalue weighted by atomic mass is 9.86. The third-order valence-electron chi connectivity index (χ3n) is 6.66. The van der Waals surface area contributed by atoms with Crippen molar-refractivity contribution in [2.45, 2.75) is 104 Å². The molecule has 2 heterocycles.